The molecule has 6 nitrogen and oxygen atoms in total. The fraction of sp³-hybridized carbons (Fsp3) is 0.615. The zero-order valence-electron chi connectivity index (χ0n) is 11.9. The Kier molecular flexibility index (Phi) is 4.83. The number of hydrogen-bond acceptors (Lipinski definition) is 4. The minimum atomic E-state index is -0.920. The van der Waals surface area contributed by atoms with Crippen molar-refractivity contribution in [2.24, 2.45) is 5.92 Å². The predicted molar refractivity (Wildman–Crippen MR) is 72.1 cm³/mol. The normalized spacial score (nSPS) is 14.4. The van der Waals surface area contributed by atoms with E-state index in [-0.39, 0.29) is 17.5 Å². The van der Waals surface area contributed by atoms with Crippen LogP contribution in [-0.2, 0) is 4.79 Å². The molecule has 2 unspecified atom stereocenters. The van der Waals surface area contributed by atoms with Gasteiger partial charge >= 0.3 is 5.97 Å². The molecule has 0 saturated carbocycles. The Bertz CT molecular complexity index is 522. The number of aryl methyl sites for hydroxylation is 2. The van der Waals surface area contributed by atoms with E-state index in [1.54, 1.807) is 20.8 Å². The highest BCUT2D eigenvalue weighted by atomic mass is 16.4. The van der Waals surface area contributed by atoms with Crippen LogP contribution in [0.5, 0.6) is 0 Å². The molecule has 106 valence electrons. The summed E-state index contributed by atoms with van der Waals surface area (Å²) in [5, 5.41) is 12.1. The second kappa shape index (κ2) is 5.97. The summed E-state index contributed by atoms with van der Waals surface area (Å²) in [5.41, 5.74) is 0.879. The van der Waals surface area contributed by atoms with Crippen LogP contribution in [0.1, 0.15) is 43.9 Å². The summed E-state index contributed by atoms with van der Waals surface area (Å²) in [4.78, 5) is 30.0. The van der Waals surface area contributed by atoms with Gasteiger partial charge in [0.25, 0.3) is 5.56 Å². The van der Waals surface area contributed by atoms with Gasteiger partial charge in [-0.2, -0.15) is 0 Å². The molecule has 6 heteroatoms. The van der Waals surface area contributed by atoms with Crippen molar-refractivity contribution in [3.05, 3.63) is 27.4 Å². The number of hydrogen-bond donors (Lipinski definition) is 3. The van der Waals surface area contributed by atoms with Gasteiger partial charge in [0, 0.05) is 11.7 Å². The summed E-state index contributed by atoms with van der Waals surface area (Å²) in [7, 11) is 0. The molecule has 3 N–H and O–H groups in total. The van der Waals surface area contributed by atoms with E-state index in [0.717, 1.165) is 0 Å². The fourth-order valence-electron chi connectivity index (χ4n) is 2.15. The molecule has 1 aromatic rings. The third kappa shape index (κ3) is 3.64. The maximum absolute atomic E-state index is 11.9. The lowest BCUT2D eigenvalue weighted by atomic mass is 10.0. The van der Waals surface area contributed by atoms with Gasteiger partial charge in [0.2, 0.25) is 0 Å². The molecule has 0 aliphatic carbocycles. The number of nitrogens with zero attached hydrogens (tertiary/aromatic N) is 1. The molecule has 0 saturated heterocycles. The van der Waals surface area contributed by atoms with Crippen LogP contribution >= 0.6 is 0 Å². The molecule has 0 spiro atoms. The number of aromatic nitrogens is 2. The molecule has 1 aromatic heterocycles. The molecule has 2 atom stereocenters. The molecule has 0 aliphatic rings. The van der Waals surface area contributed by atoms with Crippen molar-refractivity contribution in [3.63, 3.8) is 0 Å². The number of rotatable bonds is 5. The third-order valence-corrected chi connectivity index (χ3v) is 3.06. The highest BCUT2D eigenvalue weighted by Crippen LogP contribution is 2.14. The van der Waals surface area contributed by atoms with Crippen LogP contribution < -0.4 is 10.9 Å². The predicted octanol–water partition coefficient (Wildman–Crippen LogP) is 1.15. The Labute approximate surface area is 112 Å². The Morgan fingerprint density at radius 1 is 1.32 bits per heavy atom. The Morgan fingerprint density at radius 2 is 1.89 bits per heavy atom. The molecule has 1 rings (SSSR count). The van der Waals surface area contributed by atoms with Crippen molar-refractivity contribution >= 4 is 5.97 Å². The molecule has 0 radical (unpaired) electrons. The van der Waals surface area contributed by atoms with E-state index in [1.165, 1.54) is 0 Å². The molecule has 0 bridgehead atoms. The van der Waals surface area contributed by atoms with Gasteiger partial charge in [0.05, 0.1) is 5.56 Å². The van der Waals surface area contributed by atoms with Crippen molar-refractivity contribution in [2.45, 2.75) is 46.7 Å². The number of H-pyrrole nitrogens is 1. The minimum absolute atomic E-state index is 0.0715. The summed E-state index contributed by atoms with van der Waals surface area (Å²) in [6.07, 6.45) is 0. The summed E-state index contributed by atoms with van der Waals surface area (Å²) >= 11 is 0. The number of aromatic amines is 1. The average Bonchev–Trinajstić information content (AvgIpc) is 2.23. The van der Waals surface area contributed by atoms with E-state index in [0.29, 0.717) is 17.1 Å². The lowest BCUT2D eigenvalue weighted by molar-refractivity contribution is -0.140. The third-order valence-electron chi connectivity index (χ3n) is 3.06. The van der Waals surface area contributed by atoms with Crippen LogP contribution in [0.4, 0.5) is 0 Å². The van der Waals surface area contributed by atoms with Gasteiger partial charge in [-0.25, -0.2) is 4.98 Å². The monoisotopic (exact) mass is 267 g/mol. The van der Waals surface area contributed by atoms with Gasteiger partial charge in [-0.15, -0.1) is 0 Å². The van der Waals surface area contributed by atoms with E-state index in [2.05, 4.69) is 15.3 Å². The highest BCUT2D eigenvalue weighted by Gasteiger charge is 2.25. The Balaban J connectivity index is 3.04. The number of carboxylic acids is 1. The number of nitrogens with one attached hydrogen (secondary N) is 2. The van der Waals surface area contributed by atoms with Crippen molar-refractivity contribution < 1.29 is 9.90 Å². The molecule has 0 aromatic carbocycles. The van der Waals surface area contributed by atoms with Crippen molar-refractivity contribution in [3.8, 4) is 0 Å². The lowest BCUT2D eigenvalue weighted by Crippen LogP contribution is -2.43. The Hall–Kier alpha value is -1.69. The first-order valence-corrected chi connectivity index (χ1v) is 6.30. The second-order valence-electron chi connectivity index (χ2n) is 5.10. The second-order valence-corrected chi connectivity index (χ2v) is 5.10. The highest BCUT2D eigenvalue weighted by molar-refractivity contribution is 5.73. The zero-order chi connectivity index (χ0) is 14.7. The van der Waals surface area contributed by atoms with E-state index in [1.807, 2.05) is 13.8 Å². The maximum atomic E-state index is 11.9. The smallest absolute Gasteiger partial charge is 0.320 e. The van der Waals surface area contributed by atoms with Crippen LogP contribution in [0.3, 0.4) is 0 Å². The van der Waals surface area contributed by atoms with Gasteiger partial charge in [-0.3, -0.25) is 14.9 Å². The van der Waals surface area contributed by atoms with Crippen molar-refractivity contribution in [2.75, 3.05) is 0 Å². The maximum Gasteiger partial charge on any atom is 0.320 e. The molecule has 0 amide bonds. The van der Waals surface area contributed by atoms with Crippen LogP contribution in [0.2, 0.25) is 0 Å². The molecule has 19 heavy (non-hydrogen) atoms. The topological polar surface area (TPSA) is 95.1 Å². The molecular weight excluding hydrogens is 246 g/mol. The van der Waals surface area contributed by atoms with Crippen LogP contribution in [0.15, 0.2) is 4.79 Å². The summed E-state index contributed by atoms with van der Waals surface area (Å²) in [6, 6.07) is -1.07. The quantitative estimate of drug-likeness (QED) is 0.743. The van der Waals surface area contributed by atoms with Gasteiger partial charge in [-0.1, -0.05) is 13.8 Å². The first kappa shape index (κ1) is 15.4. The first-order valence-electron chi connectivity index (χ1n) is 6.30. The Morgan fingerprint density at radius 3 is 2.32 bits per heavy atom. The van der Waals surface area contributed by atoms with Crippen LogP contribution in [0, 0.1) is 19.8 Å². The van der Waals surface area contributed by atoms with Gasteiger partial charge in [0.1, 0.15) is 11.9 Å². The van der Waals surface area contributed by atoms with E-state index in [4.69, 9.17) is 5.11 Å². The zero-order valence-corrected chi connectivity index (χ0v) is 11.9. The van der Waals surface area contributed by atoms with Gasteiger partial charge < -0.3 is 10.1 Å². The van der Waals surface area contributed by atoms with Crippen molar-refractivity contribution in [1.82, 2.24) is 15.3 Å². The van der Waals surface area contributed by atoms with E-state index < -0.39 is 12.0 Å². The number of carboxylic acid groups (broad SMARTS) is 1. The summed E-state index contributed by atoms with van der Waals surface area (Å²) in [5.74, 6) is -0.439. The fourth-order valence-corrected chi connectivity index (χ4v) is 2.15. The van der Waals surface area contributed by atoms with Crippen LogP contribution in [0.25, 0.3) is 0 Å². The van der Waals surface area contributed by atoms with Crippen LogP contribution in [-0.4, -0.2) is 27.1 Å². The summed E-state index contributed by atoms with van der Waals surface area (Å²) < 4.78 is 0. The summed E-state index contributed by atoms with van der Waals surface area (Å²) in [6.45, 7) is 8.88. The minimum Gasteiger partial charge on any atom is -0.480 e. The van der Waals surface area contributed by atoms with Gasteiger partial charge in [0.15, 0.2) is 0 Å². The molecule has 0 aliphatic heterocycles. The standard InChI is InChI=1S/C13H21N3O3/c1-6(2)11(13(18)19)15-8(4)10-7(3)14-9(5)16-12(10)17/h6,8,11,15H,1-5H3,(H,18,19)(H,14,16,17). The van der Waals surface area contributed by atoms with E-state index >= 15 is 0 Å². The number of aliphatic carboxylic acids is 1. The van der Waals surface area contributed by atoms with E-state index in [9.17, 15) is 9.59 Å². The number of carbonyl (C=O) groups is 1. The molecule has 0 fully saturated rings. The van der Waals surface area contributed by atoms with Crippen molar-refractivity contribution in [1.29, 1.82) is 0 Å². The molecule has 1 heterocycles. The SMILES string of the molecule is Cc1nc(C)c(C(C)NC(C(=O)O)C(C)C)c(=O)[nH]1. The van der Waals surface area contributed by atoms with Gasteiger partial charge in [-0.05, 0) is 26.7 Å². The molecular formula is C13H21N3O3. The lowest BCUT2D eigenvalue weighted by Gasteiger charge is -2.23. The first-order chi connectivity index (χ1) is 8.73. The average molecular weight is 267 g/mol. The largest absolute Gasteiger partial charge is 0.480 e.